The molecular weight excluding hydrogens is 1210 g/mol. The van der Waals surface area contributed by atoms with Gasteiger partial charge in [0.1, 0.15) is 40.2 Å². The van der Waals surface area contributed by atoms with E-state index in [1.165, 1.54) is 19.1 Å². The molecule has 16 nitrogen and oxygen atoms in total. The molecule has 0 spiro atoms. The zero-order chi connectivity index (χ0) is 69.7. The van der Waals surface area contributed by atoms with Crippen LogP contribution in [0.2, 0.25) is 0 Å². The number of carbonyl (C=O) groups is 8. The summed E-state index contributed by atoms with van der Waals surface area (Å²) in [6, 6.07) is 53.4. The second-order valence-corrected chi connectivity index (χ2v) is 20.2. The summed E-state index contributed by atoms with van der Waals surface area (Å²) in [7, 11) is 0. The first-order valence-electron chi connectivity index (χ1n) is 28.7. The zero-order valence-electron chi connectivity index (χ0n) is 52.9. The van der Waals surface area contributed by atoms with Crippen LogP contribution in [-0.4, -0.2) is 47.8 Å². The maximum atomic E-state index is 14.1. The van der Waals surface area contributed by atoms with E-state index < -0.39 is 53.6 Å². The Kier molecular flexibility index (Phi) is 27.9. The highest BCUT2D eigenvalue weighted by molar-refractivity contribution is 5.92. The lowest BCUT2D eigenvalue weighted by molar-refractivity contribution is -0.131. The molecule has 0 N–H and O–H groups in total. The molecule has 0 atom stereocenters. The van der Waals surface area contributed by atoms with Gasteiger partial charge in [-0.1, -0.05) is 151 Å². The van der Waals surface area contributed by atoms with Crippen LogP contribution in [-0.2, 0) is 38.4 Å². The molecule has 0 aliphatic rings. The van der Waals surface area contributed by atoms with Crippen LogP contribution in [0.4, 0.5) is 4.39 Å². The van der Waals surface area contributed by atoms with Crippen molar-refractivity contribution in [3.8, 4) is 90.5 Å². The molecule has 0 aliphatic heterocycles. The number of halogens is 1. The van der Waals surface area contributed by atoms with E-state index in [1.807, 2.05) is 79.7 Å². The van der Waals surface area contributed by atoms with Crippen LogP contribution in [0, 0.1) is 5.82 Å². The van der Waals surface area contributed by atoms with Crippen molar-refractivity contribution in [1.82, 2.24) is 0 Å². The summed E-state index contributed by atoms with van der Waals surface area (Å²) >= 11 is 0. The van der Waals surface area contributed by atoms with E-state index in [0.29, 0.717) is 80.1 Å². The minimum absolute atomic E-state index is 0.163. The standard InChI is InChI=1S/C21H20O4.C20H17FO4.C19H16O4.C18H14O4/c1-5-15(4)21(23)25-19-12-8-17(9-13-19)16-6-10-18(11-7-16)24-20(22)14(2)3;1-12(2)19(22)24-16-8-5-14(6-9-16)15-7-10-18(17(21)11-15)25-20(23)13(3)4;1-4-18(20)22-16-9-5-14(6-10-16)15-7-11-17(12-8-15)23-19(21)13(2)3;1-3-17(19)21-15-9-5-13(6-10-15)14-7-11-16(12-8-14)22-18(20)4-2/h6-13H,2,4-5H2,1,3H3;5-11H,1,3H2,2,4H3;4-12H,1-2H2,3H3;3-12H,1-2H2. The second-order valence-electron chi connectivity index (χ2n) is 20.2. The van der Waals surface area contributed by atoms with E-state index >= 15 is 0 Å². The molecule has 482 valence electrons. The van der Waals surface area contributed by atoms with Gasteiger partial charge in [0.15, 0.2) is 11.6 Å². The Hall–Kier alpha value is -12.6. The molecule has 17 heteroatoms. The molecule has 0 aliphatic carbocycles. The normalized spacial score (nSPS) is 9.87. The molecule has 8 aromatic carbocycles. The summed E-state index contributed by atoms with van der Waals surface area (Å²) in [4.78, 5) is 90.9. The van der Waals surface area contributed by atoms with E-state index in [1.54, 1.807) is 124 Å². The number of hydrogen-bond donors (Lipinski definition) is 0. The summed E-state index contributed by atoms with van der Waals surface area (Å²) in [5.41, 5.74) is 8.59. The number of ether oxygens (including phenoxy) is 8. The van der Waals surface area contributed by atoms with E-state index in [9.17, 15) is 42.7 Å². The monoisotopic (exact) mass is 1280 g/mol. The van der Waals surface area contributed by atoms with Gasteiger partial charge in [-0.2, -0.15) is 0 Å². The summed E-state index contributed by atoms with van der Waals surface area (Å²) in [5.74, 6) is -1.74. The molecule has 0 fully saturated rings. The lowest BCUT2D eigenvalue weighted by atomic mass is 10.1. The van der Waals surface area contributed by atoms with Gasteiger partial charge in [0, 0.05) is 46.1 Å². The Morgan fingerprint density at radius 3 is 0.716 bits per heavy atom. The van der Waals surface area contributed by atoms with Gasteiger partial charge in [0.05, 0.1) is 0 Å². The fourth-order valence-electron chi connectivity index (χ4n) is 7.34. The largest absolute Gasteiger partial charge is 0.423 e. The predicted molar refractivity (Wildman–Crippen MR) is 362 cm³/mol. The maximum absolute atomic E-state index is 14.1. The van der Waals surface area contributed by atoms with Gasteiger partial charge in [0.25, 0.3) is 0 Å². The van der Waals surface area contributed by atoms with E-state index in [4.69, 9.17) is 37.9 Å². The molecule has 8 aromatic rings. The third-order valence-corrected chi connectivity index (χ3v) is 12.6. The van der Waals surface area contributed by atoms with Crippen LogP contribution in [0.1, 0.15) is 41.0 Å². The van der Waals surface area contributed by atoms with E-state index in [-0.39, 0.29) is 11.3 Å². The van der Waals surface area contributed by atoms with Crippen molar-refractivity contribution in [2.45, 2.75) is 41.0 Å². The summed E-state index contributed by atoms with van der Waals surface area (Å²) in [5, 5.41) is 0. The average molecular weight is 1280 g/mol. The average Bonchev–Trinajstić information content (AvgIpc) is 0.989. The third-order valence-electron chi connectivity index (χ3n) is 12.6. The number of benzene rings is 8. The number of rotatable bonds is 21. The van der Waals surface area contributed by atoms with Crippen molar-refractivity contribution in [2.24, 2.45) is 0 Å². The van der Waals surface area contributed by atoms with Gasteiger partial charge in [-0.05, 0) is 176 Å². The van der Waals surface area contributed by atoms with E-state index in [2.05, 4.69) is 52.6 Å². The molecule has 8 rings (SSSR count). The van der Waals surface area contributed by atoms with Crippen LogP contribution in [0.25, 0.3) is 44.5 Å². The molecule has 0 saturated carbocycles. The van der Waals surface area contributed by atoms with Crippen molar-refractivity contribution in [2.75, 3.05) is 0 Å². The molecule has 0 heterocycles. The Morgan fingerprint density at radius 2 is 0.505 bits per heavy atom. The van der Waals surface area contributed by atoms with Crippen LogP contribution in [0.5, 0.6) is 46.0 Å². The summed E-state index contributed by atoms with van der Waals surface area (Å²) < 4.78 is 54.7. The molecule has 0 bridgehead atoms. The fraction of sp³-hybridized carbons (Fsp3) is 0.0769. The van der Waals surface area contributed by atoms with Crippen molar-refractivity contribution in [3.63, 3.8) is 0 Å². The Bertz CT molecular complexity index is 4120. The number of hydrogen-bond acceptors (Lipinski definition) is 16. The minimum Gasteiger partial charge on any atom is -0.423 e. The first-order valence-corrected chi connectivity index (χ1v) is 28.7. The zero-order valence-corrected chi connectivity index (χ0v) is 52.9. The third kappa shape index (κ3) is 23.9. The highest BCUT2D eigenvalue weighted by Crippen LogP contribution is 2.31. The minimum atomic E-state index is -0.685. The second kappa shape index (κ2) is 36.3. The Morgan fingerprint density at radius 1 is 0.305 bits per heavy atom. The molecule has 95 heavy (non-hydrogen) atoms. The fourth-order valence-corrected chi connectivity index (χ4v) is 7.34. The lowest BCUT2D eigenvalue weighted by Gasteiger charge is -2.08. The van der Waals surface area contributed by atoms with Crippen molar-refractivity contribution in [1.29, 1.82) is 0 Å². The topological polar surface area (TPSA) is 210 Å². The Balaban J connectivity index is 0.000000230. The first kappa shape index (κ1) is 73.1. The van der Waals surface area contributed by atoms with Gasteiger partial charge in [-0.25, -0.2) is 42.7 Å². The quantitative estimate of drug-likeness (QED) is 0.0372. The van der Waals surface area contributed by atoms with Crippen LogP contribution in [0.15, 0.2) is 287 Å². The highest BCUT2D eigenvalue weighted by Gasteiger charge is 2.15. The summed E-state index contributed by atoms with van der Waals surface area (Å²) in [6.45, 7) is 35.8. The first-order chi connectivity index (χ1) is 45.3. The maximum Gasteiger partial charge on any atom is 0.338 e. The van der Waals surface area contributed by atoms with Gasteiger partial charge in [0.2, 0.25) is 0 Å². The van der Waals surface area contributed by atoms with Crippen molar-refractivity contribution in [3.05, 3.63) is 293 Å². The SMILES string of the molecule is C=C(C)C(=O)Oc1ccc(-c2ccc(OC(=O)C(=C)C)c(F)c2)cc1.C=C(C)C(=O)Oc1ccc(-c2ccc(OC(=O)C(=C)CC)cc2)cc1.C=CC(=O)Oc1ccc(-c2ccc(OC(=O)C(=C)C)cc2)cc1.C=CC(=O)Oc1ccc(-c2ccc(OC(=O)C=C)cc2)cc1. The van der Waals surface area contributed by atoms with Crippen LogP contribution >= 0.6 is 0 Å². The van der Waals surface area contributed by atoms with Gasteiger partial charge < -0.3 is 37.9 Å². The van der Waals surface area contributed by atoms with Crippen molar-refractivity contribution < 1.29 is 80.6 Å². The number of carbonyl (C=O) groups excluding carboxylic acids is 8. The smallest absolute Gasteiger partial charge is 0.338 e. The number of esters is 8. The molecule has 0 unspecified atom stereocenters. The molecular formula is C78H67FO16. The molecule has 0 saturated heterocycles. The van der Waals surface area contributed by atoms with Gasteiger partial charge in [-0.3, -0.25) is 0 Å². The highest BCUT2D eigenvalue weighted by atomic mass is 19.1. The molecule has 0 aromatic heterocycles. The summed E-state index contributed by atoms with van der Waals surface area (Å²) in [6.07, 6.45) is 3.88. The predicted octanol–water partition coefficient (Wildman–Crippen LogP) is 16.6. The van der Waals surface area contributed by atoms with Crippen LogP contribution in [0.3, 0.4) is 0 Å². The van der Waals surface area contributed by atoms with Crippen LogP contribution < -0.4 is 37.9 Å². The Labute approximate surface area is 550 Å². The molecule has 0 amide bonds. The van der Waals surface area contributed by atoms with E-state index in [0.717, 1.165) is 51.6 Å². The lowest BCUT2D eigenvalue weighted by Crippen LogP contribution is -2.09. The van der Waals surface area contributed by atoms with Gasteiger partial charge in [-0.15, -0.1) is 0 Å². The van der Waals surface area contributed by atoms with Gasteiger partial charge >= 0.3 is 47.8 Å². The van der Waals surface area contributed by atoms with Crippen molar-refractivity contribution >= 4 is 47.8 Å². The molecule has 0 radical (unpaired) electrons.